The highest BCUT2D eigenvalue weighted by atomic mass is 31.2. The van der Waals surface area contributed by atoms with Gasteiger partial charge in [0, 0.05) is 6.42 Å². The molecule has 0 heterocycles. The van der Waals surface area contributed by atoms with Gasteiger partial charge in [0.05, 0.1) is 39.9 Å². The number of nitrogens with one attached hydrogen (secondary N) is 1. The number of phosphoric acid groups is 1. The van der Waals surface area contributed by atoms with Crippen molar-refractivity contribution in [2.45, 2.75) is 315 Å². The number of phosphoric ester groups is 1. The van der Waals surface area contributed by atoms with Crippen LogP contribution in [0.15, 0.2) is 36.5 Å². The number of carbonyl (C=O) groups is 1. The van der Waals surface area contributed by atoms with Crippen LogP contribution in [0.3, 0.4) is 0 Å². The Morgan fingerprint density at radius 2 is 0.789 bits per heavy atom. The molecule has 0 bridgehead atoms. The Morgan fingerprint density at radius 3 is 1.14 bits per heavy atom. The van der Waals surface area contributed by atoms with Crippen LogP contribution in [0.5, 0.6) is 0 Å². The van der Waals surface area contributed by atoms with E-state index in [1.807, 2.05) is 27.2 Å². The van der Waals surface area contributed by atoms with E-state index in [1.165, 1.54) is 244 Å². The number of likely N-dealkylation sites (N-methyl/N-ethyl adjacent to an activating group) is 1. The molecular weight excluding hydrogens is 900 g/mol. The number of amides is 1. The standard InChI is InChI=1S/C62H121N2O6P/c1-6-8-10-12-14-16-18-20-22-24-26-27-28-29-30-31-32-33-34-35-36-37-38-40-42-44-46-48-50-52-54-56-62(66)63-60(59-70-71(67,68)69-58-57-64(3,4)5)61(65)55-53-51-49-47-45-43-41-39-25-23-21-19-17-15-13-11-9-7-2/h29-30,45,47,53,55,60-61,65H,6-28,31-44,46,48-52,54,56-59H2,1-5H3,(H-,63,66,67,68)/b30-29-,47-45+,55-53+. The lowest BCUT2D eigenvalue weighted by molar-refractivity contribution is -0.870. The molecule has 3 unspecified atom stereocenters. The first kappa shape index (κ1) is 69.7. The summed E-state index contributed by atoms with van der Waals surface area (Å²) in [5.41, 5.74) is 0. The Morgan fingerprint density at radius 1 is 0.479 bits per heavy atom. The highest BCUT2D eigenvalue weighted by molar-refractivity contribution is 7.45. The molecule has 0 aliphatic carbocycles. The molecule has 9 heteroatoms. The molecule has 0 aliphatic heterocycles. The average molecular weight is 1020 g/mol. The molecular formula is C62H121N2O6P. The average Bonchev–Trinajstić information content (AvgIpc) is 3.33. The number of carbonyl (C=O) groups excluding carboxylic acids is 1. The Kier molecular flexibility index (Phi) is 52.6. The molecule has 0 saturated carbocycles. The normalized spacial score (nSPS) is 14.1. The Labute approximate surface area is 442 Å². The fourth-order valence-corrected chi connectivity index (χ4v) is 9.95. The second-order valence-corrected chi connectivity index (χ2v) is 23.8. The van der Waals surface area contributed by atoms with Crippen molar-refractivity contribution in [3.8, 4) is 0 Å². The van der Waals surface area contributed by atoms with E-state index in [-0.39, 0.29) is 19.1 Å². The summed E-state index contributed by atoms with van der Waals surface area (Å²) >= 11 is 0. The summed E-state index contributed by atoms with van der Waals surface area (Å²) in [5, 5.41) is 13.9. The Bertz CT molecular complexity index is 1250. The van der Waals surface area contributed by atoms with Crippen LogP contribution >= 0.6 is 7.82 Å². The molecule has 0 aromatic rings. The van der Waals surface area contributed by atoms with Crippen molar-refractivity contribution < 1.29 is 32.9 Å². The van der Waals surface area contributed by atoms with Gasteiger partial charge in [-0.1, -0.05) is 275 Å². The van der Waals surface area contributed by atoms with E-state index in [2.05, 4.69) is 43.5 Å². The minimum absolute atomic E-state index is 0.00511. The quantitative estimate of drug-likeness (QED) is 0.0272. The van der Waals surface area contributed by atoms with Crippen LogP contribution < -0.4 is 10.2 Å². The van der Waals surface area contributed by atoms with E-state index in [9.17, 15) is 19.4 Å². The van der Waals surface area contributed by atoms with Crippen molar-refractivity contribution in [3.63, 3.8) is 0 Å². The molecule has 0 saturated heterocycles. The number of aliphatic hydroxyl groups is 1. The maximum atomic E-state index is 13.0. The van der Waals surface area contributed by atoms with Crippen LogP contribution in [0.25, 0.3) is 0 Å². The van der Waals surface area contributed by atoms with Crippen LogP contribution in [-0.4, -0.2) is 68.5 Å². The van der Waals surface area contributed by atoms with Crippen molar-refractivity contribution >= 4 is 13.7 Å². The number of allylic oxidation sites excluding steroid dienone is 5. The highest BCUT2D eigenvalue weighted by Crippen LogP contribution is 2.38. The number of unbranched alkanes of at least 4 members (excludes halogenated alkanes) is 40. The lowest BCUT2D eigenvalue weighted by Crippen LogP contribution is -2.45. The number of hydrogen-bond acceptors (Lipinski definition) is 6. The SMILES string of the molecule is CCCCCCCCCCCCCC/C=C\CCCCCCCCCCCCCCCCCC(=O)NC(COP(=O)([O-])OCC[N+](C)(C)C)C(O)/C=C/CC/C=C/CCCCCCCCCCCCCC. The summed E-state index contributed by atoms with van der Waals surface area (Å²) in [4.78, 5) is 25.5. The monoisotopic (exact) mass is 1020 g/mol. The molecule has 1 amide bonds. The fraction of sp³-hybridized carbons (Fsp3) is 0.887. The maximum absolute atomic E-state index is 13.0. The van der Waals surface area contributed by atoms with Crippen LogP contribution in [0.4, 0.5) is 0 Å². The number of nitrogens with zero attached hydrogens (tertiary/aromatic N) is 1. The first-order valence-electron chi connectivity index (χ1n) is 30.9. The van der Waals surface area contributed by atoms with Crippen molar-refractivity contribution in [1.29, 1.82) is 0 Å². The van der Waals surface area contributed by atoms with Gasteiger partial charge in [-0.3, -0.25) is 9.36 Å². The topological polar surface area (TPSA) is 108 Å². The zero-order valence-corrected chi connectivity index (χ0v) is 48.8. The summed E-state index contributed by atoms with van der Waals surface area (Å²) < 4.78 is 23.3. The minimum Gasteiger partial charge on any atom is -0.756 e. The summed E-state index contributed by atoms with van der Waals surface area (Å²) in [6, 6.07) is -0.902. The number of rotatable bonds is 57. The van der Waals surface area contributed by atoms with Gasteiger partial charge in [-0.2, -0.15) is 0 Å². The second kappa shape index (κ2) is 53.5. The van der Waals surface area contributed by atoms with Gasteiger partial charge in [0.25, 0.3) is 7.82 Å². The third kappa shape index (κ3) is 56.3. The molecule has 3 atom stereocenters. The van der Waals surface area contributed by atoms with E-state index >= 15 is 0 Å². The smallest absolute Gasteiger partial charge is 0.268 e. The molecule has 71 heavy (non-hydrogen) atoms. The van der Waals surface area contributed by atoms with Gasteiger partial charge < -0.3 is 28.8 Å². The van der Waals surface area contributed by atoms with Gasteiger partial charge in [-0.15, -0.1) is 0 Å². The molecule has 0 aromatic heterocycles. The summed E-state index contributed by atoms with van der Waals surface area (Å²) in [5.74, 6) is -0.203. The number of hydrogen-bond donors (Lipinski definition) is 2. The Balaban J connectivity index is 4.10. The lowest BCUT2D eigenvalue weighted by Gasteiger charge is -2.29. The van der Waals surface area contributed by atoms with Gasteiger partial charge in [0.1, 0.15) is 13.2 Å². The van der Waals surface area contributed by atoms with Crippen molar-refractivity contribution in [2.75, 3.05) is 40.9 Å². The van der Waals surface area contributed by atoms with E-state index in [0.29, 0.717) is 17.4 Å². The molecule has 420 valence electrons. The molecule has 8 nitrogen and oxygen atoms in total. The molecule has 0 spiro atoms. The molecule has 0 radical (unpaired) electrons. The van der Waals surface area contributed by atoms with Crippen molar-refractivity contribution in [1.82, 2.24) is 5.32 Å². The van der Waals surface area contributed by atoms with E-state index in [1.54, 1.807) is 6.08 Å². The third-order valence-electron chi connectivity index (χ3n) is 14.1. The van der Waals surface area contributed by atoms with Crippen molar-refractivity contribution in [2.24, 2.45) is 0 Å². The molecule has 0 aromatic carbocycles. The van der Waals surface area contributed by atoms with Gasteiger partial charge >= 0.3 is 0 Å². The lowest BCUT2D eigenvalue weighted by atomic mass is 10.0. The van der Waals surface area contributed by atoms with Crippen LogP contribution in [0, 0.1) is 0 Å². The zero-order valence-electron chi connectivity index (χ0n) is 47.9. The number of aliphatic hydroxyl groups excluding tert-OH is 1. The maximum Gasteiger partial charge on any atom is 0.268 e. The third-order valence-corrected chi connectivity index (χ3v) is 15.0. The first-order chi connectivity index (χ1) is 34.5. The number of quaternary nitrogens is 1. The summed E-state index contributed by atoms with van der Waals surface area (Å²) in [7, 11) is 1.25. The zero-order chi connectivity index (χ0) is 52.0. The second-order valence-electron chi connectivity index (χ2n) is 22.4. The summed E-state index contributed by atoms with van der Waals surface area (Å²) in [6.45, 7) is 4.67. The molecule has 0 aliphatic rings. The predicted molar refractivity (Wildman–Crippen MR) is 307 cm³/mol. The van der Waals surface area contributed by atoms with Crippen LogP contribution in [-0.2, 0) is 18.4 Å². The van der Waals surface area contributed by atoms with Gasteiger partial charge in [0.15, 0.2) is 0 Å². The molecule has 2 N–H and O–H groups in total. The molecule has 0 fully saturated rings. The first-order valence-corrected chi connectivity index (χ1v) is 32.3. The highest BCUT2D eigenvalue weighted by Gasteiger charge is 2.23. The summed E-state index contributed by atoms with van der Waals surface area (Å²) in [6.07, 6.45) is 69.6. The van der Waals surface area contributed by atoms with E-state index in [4.69, 9.17) is 9.05 Å². The largest absolute Gasteiger partial charge is 0.756 e. The molecule has 0 rings (SSSR count). The van der Waals surface area contributed by atoms with Crippen LogP contribution in [0.1, 0.15) is 303 Å². The van der Waals surface area contributed by atoms with E-state index in [0.717, 1.165) is 38.5 Å². The van der Waals surface area contributed by atoms with Gasteiger partial charge in [-0.05, 0) is 57.8 Å². The Hall–Kier alpha value is -1.28. The van der Waals surface area contributed by atoms with Gasteiger partial charge in [0.2, 0.25) is 5.91 Å². The van der Waals surface area contributed by atoms with Gasteiger partial charge in [-0.25, -0.2) is 0 Å². The van der Waals surface area contributed by atoms with Crippen molar-refractivity contribution in [3.05, 3.63) is 36.5 Å². The minimum atomic E-state index is -4.60. The van der Waals surface area contributed by atoms with E-state index < -0.39 is 20.0 Å². The van der Waals surface area contributed by atoms with Crippen LogP contribution in [0.2, 0.25) is 0 Å². The fourth-order valence-electron chi connectivity index (χ4n) is 9.23. The predicted octanol–water partition coefficient (Wildman–Crippen LogP) is 18.3.